The van der Waals surface area contributed by atoms with Crippen LogP contribution in [0.2, 0.25) is 0 Å². The third kappa shape index (κ3) is 4.85. The first-order valence-electron chi connectivity index (χ1n) is 6.23. The molecule has 1 aromatic rings. The van der Waals surface area contributed by atoms with Gasteiger partial charge in [-0.15, -0.1) is 0 Å². The van der Waals surface area contributed by atoms with Gasteiger partial charge in [0, 0.05) is 12.0 Å². The van der Waals surface area contributed by atoms with Crippen molar-refractivity contribution in [3.63, 3.8) is 0 Å². The van der Waals surface area contributed by atoms with E-state index >= 15 is 0 Å². The fourth-order valence-electron chi connectivity index (χ4n) is 1.63. The van der Waals surface area contributed by atoms with Crippen molar-refractivity contribution in [2.75, 3.05) is 11.9 Å². The topological polar surface area (TPSA) is 107 Å². The molecule has 20 heavy (non-hydrogen) atoms. The molecule has 1 amide bonds. The summed E-state index contributed by atoms with van der Waals surface area (Å²) in [6.07, 6.45) is 0.0668. The number of anilines is 1. The van der Waals surface area contributed by atoms with Crippen LogP contribution in [0.15, 0.2) is 18.2 Å². The van der Waals surface area contributed by atoms with Crippen LogP contribution < -0.4 is 15.8 Å². The van der Waals surface area contributed by atoms with Crippen LogP contribution in [0.3, 0.4) is 0 Å². The van der Waals surface area contributed by atoms with Gasteiger partial charge in [-0.05, 0) is 32.9 Å². The van der Waals surface area contributed by atoms with Gasteiger partial charge in [-0.1, -0.05) is 0 Å². The molecule has 0 aliphatic carbocycles. The number of ether oxygens (including phenoxy) is 1. The van der Waals surface area contributed by atoms with Crippen LogP contribution in [0.1, 0.15) is 27.2 Å². The Morgan fingerprint density at radius 2 is 2.15 bits per heavy atom. The number of carbonyl (C=O) groups is 1. The smallest absolute Gasteiger partial charge is 0.296 e. The molecule has 0 saturated heterocycles. The number of nitrogens with one attached hydrogen (secondary N) is 1. The lowest BCUT2D eigenvalue weighted by Gasteiger charge is -2.17. The van der Waals surface area contributed by atoms with E-state index in [2.05, 4.69) is 5.32 Å². The van der Waals surface area contributed by atoms with E-state index in [9.17, 15) is 14.9 Å². The first kappa shape index (κ1) is 15.9. The van der Waals surface area contributed by atoms with E-state index in [-0.39, 0.29) is 23.7 Å². The zero-order valence-corrected chi connectivity index (χ0v) is 11.8. The van der Waals surface area contributed by atoms with Crippen molar-refractivity contribution < 1.29 is 14.5 Å². The van der Waals surface area contributed by atoms with Gasteiger partial charge in [-0.2, -0.15) is 0 Å². The Morgan fingerprint density at radius 3 is 2.65 bits per heavy atom. The summed E-state index contributed by atoms with van der Waals surface area (Å²) in [5.41, 5.74) is 4.98. The number of amides is 1. The lowest BCUT2D eigenvalue weighted by atomic mass is 10.0. The molecule has 0 spiro atoms. The molecule has 0 atom stereocenters. The second-order valence-electron chi connectivity index (χ2n) is 5.08. The van der Waals surface area contributed by atoms with Crippen LogP contribution in [-0.4, -0.2) is 23.0 Å². The second-order valence-corrected chi connectivity index (χ2v) is 5.08. The van der Waals surface area contributed by atoms with Gasteiger partial charge < -0.3 is 15.8 Å². The Morgan fingerprint density at radius 1 is 1.50 bits per heavy atom. The first-order valence-corrected chi connectivity index (χ1v) is 6.23. The molecule has 0 aliphatic heterocycles. The number of carbonyl (C=O) groups excluding carboxylic acids is 1. The number of benzene rings is 1. The zero-order chi connectivity index (χ0) is 15.3. The molecule has 0 aliphatic rings. The summed E-state index contributed by atoms with van der Waals surface area (Å²) < 4.78 is 5.20. The molecule has 7 nitrogen and oxygen atoms in total. The predicted molar refractivity (Wildman–Crippen MR) is 75.8 cm³/mol. The maximum atomic E-state index is 11.8. The highest BCUT2D eigenvalue weighted by atomic mass is 16.6. The average Bonchev–Trinajstić information content (AvgIpc) is 2.28. The van der Waals surface area contributed by atoms with Crippen LogP contribution in [0.5, 0.6) is 5.75 Å². The summed E-state index contributed by atoms with van der Waals surface area (Å²) in [6, 6.07) is 4.30. The van der Waals surface area contributed by atoms with Crippen molar-refractivity contribution in [1.29, 1.82) is 0 Å². The highest BCUT2D eigenvalue weighted by Crippen LogP contribution is 2.29. The van der Waals surface area contributed by atoms with Crippen LogP contribution in [0.4, 0.5) is 11.4 Å². The van der Waals surface area contributed by atoms with Crippen LogP contribution in [0.25, 0.3) is 0 Å². The number of hydrogen-bond donors (Lipinski definition) is 2. The lowest BCUT2D eigenvalue weighted by molar-refractivity contribution is -0.384. The minimum absolute atomic E-state index is 0.0668. The Bertz CT molecular complexity index is 509. The van der Waals surface area contributed by atoms with E-state index < -0.39 is 10.5 Å². The van der Waals surface area contributed by atoms with E-state index in [1.807, 2.05) is 0 Å². The monoisotopic (exact) mass is 281 g/mol. The normalized spacial score (nSPS) is 11.0. The molecular formula is C13H19N3O4. The number of nitrogens with zero attached hydrogens (tertiary/aromatic N) is 1. The van der Waals surface area contributed by atoms with Gasteiger partial charge in [0.1, 0.15) is 11.4 Å². The number of nitro groups is 1. The molecule has 0 fully saturated rings. The lowest BCUT2D eigenvalue weighted by Crippen LogP contribution is -2.36. The molecule has 0 radical (unpaired) electrons. The van der Waals surface area contributed by atoms with Crippen LogP contribution >= 0.6 is 0 Å². The Balaban J connectivity index is 2.94. The van der Waals surface area contributed by atoms with E-state index in [4.69, 9.17) is 10.5 Å². The van der Waals surface area contributed by atoms with Gasteiger partial charge >= 0.3 is 0 Å². The molecule has 7 heteroatoms. The molecule has 3 N–H and O–H groups in total. The summed E-state index contributed by atoms with van der Waals surface area (Å²) in [6.45, 7) is 5.60. The largest absolute Gasteiger partial charge is 0.494 e. The van der Waals surface area contributed by atoms with E-state index in [1.54, 1.807) is 26.8 Å². The molecule has 0 heterocycles. The average molecular weight is 281 g/mol. The molecule has 0 saturated carbocycles. The number of nitrogens with two attached hydrogens (primary N) is 1. The molecule has 110 valence electrons. The van der Waals surface area contributed by atoms with Gasteiger partial charge in [0.15, 0.2) is 0 Å². The Labute approximate surface area is 117 Å². The number of hydrogen-bond acceptors (Lipinski definition) is 5. The van der Waals surface area contributed by atoms with Crippen molar-refractivity contribution in [2.24, 2.45) is 5.73 Å². The number of nitro benzene ring substituents is 1. The third-order valence-electron chi connectivity index (χ3n) is 2.37. The summed E-state index contributed by atoms with van der Waals surface area (Å²) in [5, 5.41) is 13.5. The fourth-order valence-corrected chi connectivity index (χ4v) is 1.63. The van der Waals surface area contributed by atoms with Crippen LogP contribution in [0, 0.1) is 10.1 Å². The van der Waals surface area contributed by atoms with Gasteiger partial charge in [0.25, 0.3) is 5.69 Å². The molecule has 0 bridgehead atoms. The van der Waals surface area contributed by atoms with E-state index in [0.717, 1.165) is 0 Å². The minimum Gasteiger partial charge on any atom is -0.494 e. The van der Waals surface area contributed by atoms with E-state index in [1.165, 1.54) is 12.1 Å². The predicted octanol–water partition coefficient (Wildman–Crippen LogP) is 2.06. The van der Waals surface area contributed by atoms with E-state index in [0.29, 0.717) is 12.4 Å². The summed E-state index contributed by atoms with van der Waals surface area (Å²) in [5.74, 6) is 0.0149. The van der Waals surface area contributed by atoms with Crippen molar-refractivity contribution >= 4 is 17.3 Å². The molecule has 1 rings (SSSR count). The van der Waals surface area contributed by atoms with Crippen molar-refractivity contribution in [1.82, 2.24) is 0 Å². The molecule has 0 aromatic heterocycles. The quantitative estimate of drug-likeness (QED) is 0.613. The maximum Gasteiger partial charge on any atom is 0.296 e. The van der Waals surface area contributed by atoms with Gasteiger partial charge in [-0.3, -0.25) is 14.9 Å². The fraction of sp³-hybridized carbons (Fsp3) is 0.462. The molecule has 1 aromatic carbocycles. The van der Waals surface area contributed by atoms with Crippen molar-refractivity contribution in [3.8, 4) is 5.75 Å². The molecular weight excluding hydrogens is 262 g/mol. The second kappa shape index (κ2) is 6.33. The Hall–Kier alpha value is -2.15. The van der Waals surface area contributed by atoms with Crippen LogP contribution in [-0.2, 0) is 4.79 Å². The molecule has 0 unspecified atom stereocenters. The third-order valence-corrected chi connectivity index (χ3v) is 2.37. The summed E-state index contributed by atoms with van der Waals surface area (Å²) in [4.78, 5) is 22.2. The first-order chi connectivity index (χ1) is 9.23. The number of rotatable bonds is 6. The summed E-state index contributed by atoms with van der Waals surface area (Å²) in [7, 11) is 0. The SMILES string of the molecule is CCOc1ccc(NC(=O)CC(C)(C)N)c([N+](=O)[O-])c1. The zero-order valence-electron chi connectivity index (χ0n) is 11.8. The Kier molecular flexibility index (Phi) is 5.04. The highest BCUT2D eigenvalue weighted by molar-refractivity contribution is 5.93. The van der Waals surface area contributed by atoms with Gasteiger partial charge in [0.2, 0.25) is 5.91 Å². The van der Waals surface area contributed by atoms with Crippen molar-refractivity contribution in [2.45, 2.75) is 32.7 Å². The standard InChI is InChI=1S/C13H19N3O4/c1-4-20-9-5-6-10(11(7-9)16(18)19)15-12(17)8-13(2,3)14/h5-7H,4,8,14H2,1-3H3,(H,15,17). The highest BCUT2D eigenvalue weighted by Gasteiger charge is 2.21. The van der Waals surface area contributed by atoms with Gasteiger partial charge in [-0.25, -0.2) is 0 Å². The minimum atomic E-state index is -0.676. The van der Waals surface area contributed by atoms with Gasteiger partial charge in [0.05, 0.1) is 17.6 Å². The van der Waals surface area contributed by atoms with Crippen molar-refractivity contribution in [3.05, 3.63) is 28.3 Å². The maximum absolute atomic E-state index is 11.8. The summed E-state index contributed by atoms with van der Waals surface area (Å²) >= 11 is 0.